The average Bonchev–Trinajstić information content (AvgIpc) is 3.73. The number of aromatic amines is 1. The van der Waals surface area contributed by atoms with Crippen LogP contribution in [0.25, 0.3) is 10.9 Å². The van der Waals surface area contributed by atoms with Gasteiger partial charge in [0.1, 0.15) is 29.4 Å². The first-order valence-electron chi connectivity index (χ1n) is 13.6. The SMILES string of the molecule is CN(C(=O)c1cc2c(F)cc(F)cc2[nH]1)C(CC1CCCC1)C(=O)N1C[C@]2(C[C@H]1C#N)C(=O)Nc1ccccc12. The molecule has 3 aromatic rings. The Hall–Kier alpha value is -4.26. The molecule has 1 unspecified atom stereocenters. The summed E-state index contributed by atoms with van der Waals surface area (Å²) in [4.78, 5) is 46.7. The summed E-state index contributed by atoms with van der Waals surface area (Å²) in [5, 5.41) is 13.0. The highest BCUT2D eigenvalue weighted by atomic mass is 19.1. The van der Waals surface area contributed by atoms with Gasteiger partial charge in [-0.1, -0.05) is 43.9 Å². The Balaban J connectivity index is 1.33. The molecule has 6 rings (SSSR count). The van der Waals surface area contributed by atoms with Crippen molar-refractivity contribution in [2.24, 2.45) is 5.92 Å². The monoisotopic (exact) mass is 545 g/mol. The van der Waals surface area contributed by atoms with Crippen molar-refractivity contribution in [1.29, 1.82) is 5.26 Å². The van der Waals surface area contributed by atoms with Crippen LogP contribution in [-0.4, -0.2) is 58.2 Å². The molecule has 3 amide bonds. The number of hydrogen-bond donors (Lipinski definition) is 2. The summed E-state index contributed by atoms with van der Waals surface area (Å²) in [6.07, 6.45) is 4.53. The summed E-state index contributed by atoms with van der Waals surface area (Å²) < 4.78 is 28.1. The standard InChI is InChI=1S/C30H29F2N5O3/c1-36(27(38)25-13-20-22(32)11-18(31)12-24(20)34-25)26(10-17-6-2-3-7-17)28(39)37-16-30(14-19(37)15-33)21-8-4-5-9-23(21)35-29(30)40/h4-5,8-9,11-13,17,19,26,34H,2-3,6-7,10,14,16H2,1H3,(H,35,40)/t19-,26?,30-/m0/s1. The summed E-state index contributed by atoms with van der Waals surface area (Å²) in [7, 11) is 1.52. The topological polar surface area (TPSA) is 109 Å². The van der Waals surface area contributed by atoms with Crippen LogP contribution in [-0.2, 0) is 15.0 Å². The average molecular weight is 546 g/mol. The number of likely N-dealkylation sites (N-methyl/N-ethyl adjacent to an activating group) is 1. The highest BCUT2D eigenvalue weighted by molar-refractivity contribution is 6.07. The molecule has 8 nitrogen and oxygen atoms in total. The molecule has 2 N–H and O–H groups in total. The lowest BCUT2D eigenvalue weighted by atomic mass is 9.80. The van der Waals surface area contributed by atoms with Crippen molar-refractivity contribution in [2.45, 2.75) is 56.0 Å². The lowest BCUT2D eigenvalue weighted by Crippen LogP contribution is -2.52. The fourth-order valence-corrected chi connectivity index (χ4v) is 6.77. The molecule has 3 atom stereocenters. The molecule has 3 heterocycles. The van der Waals surface area contributed by atoms with Gasteiger partial charge in [0.2, 0.25) is 11.8 Å². The smallest absolute Gasteiger partial charge is 0.270 e. The number of halogens is 2. The number of carbonyl (C=O) groups is 3. The van der Waals surface area contributed by atoms with E-state index in [0.717, 1.165) is 43.4 Å². The number of fused-ring (bicyclic) bond motifs is 3. The van der Waals surface area contributed by atoms with Crippen LogP contribution >= 0.6 is 0 Å². The predicted molar refractivity (Wildman–Crippen MR) is 143 cm³/mol. The number of likely N-dealkylation sites (tertiary alicyclic amines) is 1. The van der Waals surface area contributed by atoms with E-state index in [9.17, 15) is 28.4 Å². The second kappa shape index (κ2) is 9.73. The minimum absolute atomic E-state index is 0.0324. The number of hydrogen-bond acceptors (Lipinski definition) is 4. The molecule has 10 heteroatoms. The van der Waals surface area contributed by atoms with Crippen molar-refractivity contribution < 1.29 is 23.2 Å². The molecule has 1 aromatic heterocycles. The number of H-pyrrole nitrogens is 1. The fourth-order valence-electron chi connectivity index (χ4n) is 6.77. The van der Waals surface area contributed by atoms with E-state index in [1.54, 1.807) is 6.07 Å². The number of amides is 3. The van der Waals surface area contributed by atoms with E-state index >= 15 is 0 Å². The Kier molecular flexibility index (Phi) is 6.32. The molecule has 1 saturated carbocycles. The van der Waals surface area contributed by atoms with Crippen LogP contribution in [0.4, 0.5) is 14.5 Å². The lowest BCUT2D eigenvalue weighted by molar-refractivity contribution is -0.136. The van der Waals surface area contributed by atoms with Gasteiger partial charge in [0.05, 0.1) is 17.0 Å². The number of para-hydroxylation sites is 1. The highest BCUT2D eigenvalue weighted by Crippen LogP contribution is 2.46. The first-order chi connectivity index (χ1) is 19.2. The number of benzene rings is 2. The number of carbonyl (C=O) groups excluding carboxylic acids is 3. The van der Waals surface area contributed by atoms with Crippen molar-refractivity contribution >= 4 is 34.3 Å². The van der Waals surface area contributed by atoms with Gasteiger partial charge in [-0.15, -0.1) is 0 Å². The number of nitrogens with one attached hydrogen (secondary N) is 2. The van der Waals surface area contributed by atoms with Gasteiger partial charge in [0, 0.05) is 37.2 Å². The van der Waals surface area contributed by atoms with Crippen molar-refractivity contribution in [2.75, 3.05) is 18.9 Å². The number of nitriles is 1. The van der Waals surface area contributed by atoms with Crippen LogP contribution in [0.1, 0.15) is 54.6 Å². The van der Waals surface area contributed by atoms with Crippen LogP contribution in [0.15, 0.2) is 42.5 Å². The van der Waals surface area contributed by atoms with Crippen LogP contribution < -0.4 is 5.32 Å². The Morgan fingerprint density at radius 1 is 1.20 bits per heavy atom. The van der Waals surface area contributed by atoms with E-state index in [4.69, 9.17) is 0 Å². The van der Waals surface area contributed by atoms with Crippen LogP contribution in [0.3, 0.4) is 0 Å². The van der Waals surface area contributed by atoms with Crippen molar-refractivity contribution in [3.8, 4) is 6.07 Å². The van der Waals surface area contributed by atoms with Crippen LogP contribution in [0, 0.1) is 28.9 Å². The van der Waals surface area contributed by atoms with Crippen molar-refractivity contribution in [3.05, 3.63) is 65.4 Å². The molecule has 1 aliphatic carbocycles. The van der Waals surface area contributed by atoms with Crippen molar-refractivity contribution in [3.63, 3.8) is 0 Å². The number of nitrogens with zero attached hydrogens (tertiary/aromatic N) is 3. The van der Waals surface area contributed by atoms with Gasteiger partial charge in [0.15, 0.2) is 0 Å². The maximum absolute atomic E-state index is 14.3. The summed E-state index contributed by atoms with van der Waals surface area (Å²) in [5.41, 5.74) is 0.580. The fraction of sp³-hybridized carbons (Fsp3) is 0.400. The summed E-state index contributed by atoms with van der Waals surface area (Å²) in [6, 6.07) is 11.0. The van der Waals surface area contributed by atoms with Crippen molar-refractivity contribution in [1.82, 2.24) is 14.8 Å². The molecular formula is C30H29F2N5O3. The zero-order valence-corrected chi connectivity index (χ0v) is 22.0. The number of rotatable bonds is 5. The van der Waals surface area contributed by atoms with E-state index in [2.05, 4.69) is 16.4 Å². The van der Waals surface area contributed by atoms with Gasteiger partial charge in [-0.2, -0.15) is 5.26 Å². The summed E-state index contributed by atoms with van der Waals surface area (Å²) in [6.45, 7) is 0.0347. The maximum Gasteiger partial charge on any atom is 0.270 e. The van der Waals surface area contributed by atoms with Gasteiger partial charge >= 0.3 is 0 Å². The molecule has 2 aromatic carbocycles. The van der Waals surface area contributed by atoms with Gasteiger partial charge in [-0.05, 0) is 36.1 Å². The number of aromatic nitrogens is 1. The molecule has 0 radical (unpaired) electrons. The second-order valence-corrected chi connectivity index (χ2v) is 11.2. The van der Waals surface area contributed by atoms with E-state index in [1.165, 1.54) is 22.9 Å². The Labute approximate surface area is 229 Å². The third-order valence-corrected chi connectivity index (χ3v) is 8.90. The van der Waals surface area contributed by atoms with Gasteiger partial charge < -0.3 is 20.1 Å². The van der Waals surface area contributed by atoms with E-state index in [1.807, 2.05) is 18.2 Å². The van der Waals surface area contributed by atoms with Crippen LogP contribution in [0.2, 0.25) is 0 Å². The Morgan fingerprint density at radius 3 is 2.70 bits per heavy atom. The first kappa shape index (κ1) is 26.0. The highest BCUT2D eigenvalue weighted by Gasteiger charge is 2.56. The molecule has 40 heavy (non-hydrogen) atoms. The molecule has 0 bridgehead atoms. The van der Waals surface area contributed by atoms with E-state index < -0.39 is 40.9 Å². The minimum atomic E-state index is -1.04. The van der Waals surface area contributed by atoms with E-state index in [-0.39, 0.29) is 41.4 Å². The zero-order valence-electron chi connectivity index (χ0n) is 22.0. The molecule has 1 spiro atoms. The second-order valence-electron chi connectivity index (χ2n) is 11.2. The largest absolute Gasteiger partial charge is 0.350 e. The quantitative estimate of drug-likeness (QED) is 0.493. The van der Waals surface area contributed by atoms with Gasteiger partial charge in [0.25, 0.3) is 5.91 Å². The van der Waals surface area contributed by atoms with E-state index in [0.29, 0.717) is 12.1 Å². The zero-order chi connectivity index (χ0) is 28.2. The minimum Gasteiger partial charge on any atom is -0.350 e. The predicted octanol–water partition coefficient (Wildman–Crippen LogP) is 4.48. The van der Waals surface area contributed by atoms with Gasteiger partial charge in [-0.25, -0.2) is 8.78 Å². The molecule has 2 fully saturated rings. The summed E-state index contributed by atoms with van der Waals surface area (Å²) in [5.74, 6) is -2.51. The molecule has 3 aliphatic rings. The summed E-state index contributed by atoms with van der Waals surface area (Å²) >= 11 is 0. The third-order valence-electron chi connectivity index (χ3n) is 8.90. The first-order valence-corrected chi connectivity index (χ1v) is 13.6. The van der Waals surface area contributed by atoms with Crippen LogP contribution in [0.5, 0.6) is 0 Å². The molecule has 2 aliphatic heterocycles. The normalized spacial score (nSPS) is 22.9. The Morgan fingerprint density at radius 2 is 1.95 bits per heavy atom. The lowest BCUT2D eigenvalue weighted by Gasteiger charge is -2.33. The number of anilines is 1. The molecule has 1 saturated heterocycles. The Bertz CT molecular complexity index is 1570. The van der Waals surface area contributed by atoms with Gasteiger partial charge in [-0.3, -0.25) is 14.4 Å². The maximum atomic E-state index is 14.3. The molecule has 206 valence electrons. The third kappa shape index (κ3) is 4.12. The molecular weight excluding hydrogens is 516 g/mol.